The zero-order valence-electron chi connectivity index (χ0n) is 14.7. The van der Waals surface area contributed by atoms with Crippen molar-refractivity contribution >= 4 is 84.1 Å². The summed E-state index contributed by atoms with van der Waals surface area (Å²) in [5, 5.41) is -0.186. The Labute approximate surface area is 180 Å². The van der Waals surface area contributed by atoms with Crippen molar-refractivity contribution in [1.29, 1.82) is 0 Å². The first-order valence-electron chi connectivity index (χ1n) is 8.55. The number of carbonyl (C=O) groups excluding carboxylic acids is 2. The highest BCUT2D eigenvalue weighted by atomic mass is 32.2. The Balaban J connectivity index is 2.21. The highest BCUT2D eigenvalue weighted by Gasteiger charge is 2.44. The van der Waals surface area contributed by atoms with Gasteiger partial charge in [0.2, 0.25) is 11.8 Å². The fraction of sp³-hybridized carbons (Fsp3) is 0.875. The van der Waals surface area contributed by atoms with E-state index in [0.717, 1.165) is 58.2 Å². The molecule has 2 atom stereocenters. The van der Waals surface area contributed by atoms with Crippen LogP contribution in [-0.4, -0.2) is 80.3 Å². The summed E-state index contributed by atoms with van der Waals surface area (Å²) in [7, 11) is 0. The number of carbonyl (C=O) groups is 2. The Hall–Kier alpha value is 1.24. The molecule has 3 nitrogen and oxygen atoms in total. The van der Waals surface area contributed by atoms with Crippen LogP contribution < -0.4 is 0 Å². The summed E-state index contributed by atoms with van der Waals surface area (Å²) >= 11 is 15.7. The number of nitrogens with zero attached hydrogens (tertiary/aromatic N) is 1. The van der Waals surface area contributed by atoms with Crippen LogP contribution in [0.4, 0.5) is 0 Å². The number of thiol groups is 2. The van der Waals surface area contributed by atoms with Crippen molar-refractivity contribution in [3.05, 3.63) is 0 Å². The quantitative estimate of drug-likeness (QED) is 0.222. The molecule has 9 heteroatoms. The highest BCUT2D eigenvalue weighted by molar-refractivity contribution is 8.04. The maximum absolute atomic E-state index is 12.5. The van der Waals surface area contributed by atoms with Crippen molar-refractivity contribution in [1.82, 2.24) is 4.90 Å². The lowest BCUT2D eigenvalue weighted by Gasteiger charge is -2.14. The molecule has 0 bridgehead atoms. The number of likely N-dealkylation sites (tertiary alicyclic amines) is 1. The number of thioether (sulfide) groups is 4. The van der Waals surface area contributed by atoms with Crippen LogP contribution in [0.1, 0.15) is 13.3 Å². The largest absolute Gasteiger partial charge is 0.281 e. The first-order valence-corrected chi connectivity index (χ1v) is 14.3. The van der Waals surface area contributed by atoms with Crippen LogP contribution in [0.2, 0.25) is 0 Å². The van der Waals surface area contributed by atoms with E-state index >= 15 is 0 Å². The number of rotatable bonds is 15. The highest BCUT2D eigenvalue weighted by Crippen LogP contribution is 2.31. The average Bonchev–Trinajstić information content (AvgIpc) is 2.81. The number of hydrogen-bond acceptors (Lipinski definition) is 8. The normalized spacial score (nSPS) is 20.7. The van der Waals surface area contributed by atoms with Gasteiger partial charge in [-0.25, -0.2) is 0 Å². The van der Waals surface area contributed by atoms with Crippen molar-refractivity contribution < 1.29 is 9.59 Å². The molecule has 1 aliphatic rings. The molecule has 0 radical (unpaired) electrons. The first kappa shape index (κ1) is 24.3. The van der Waals surface area contributed by atoms with Gasteiger partial charge in [-0.3, -0.25) is 14.5 Å². The second-order valence-electron chi connectivity index (χ2n) is 5.55. The van der Waals surface area contributed by atoms with Crippen molar-refractivity contribution in [3.63, 3.8) is 0 Å². The zero-order valence-corrected chi connectivity index (χ0v) is 19.8. The third kappa shape index (κ3) is 9.32. The Morgan fingerprint density at radius 1 is 0.840 bits per heavy atom. The summed E-state index contributed by atoms with van der Waals surface area (Å²) in [6, 6.07) is 0. The molecule has 0 saturated carbocycles. The minimum Gasteiger partial charge on any atom is -0.281 e. The summed E-state index contributed by atoms with van der Waals surface area (Å²) in [4.78, 5) is 26.4. The number of imide groups is 1. The van der Waals surface area contributed by atoms with Gasteiger partial charge < -0.3 is 0 Å². The molecule has 0 N–H and O–H groups in total. The molecule has 146 valence electrons. The molecule has 1 rings (SSSR count). The van der Waals surface area contributed by atoms with E-state index in [1.165, 1.54) is 4.90 Å². The molecular weight excluding hydrogens is 431 g/mol. The van der Waals surface area contributed by atoms with Crippen LogP contribution in [0.25, 0.3) is 0 Å². The summed E-state index contributed by atoms with van der Waals surface area (Å²) in [5.41, 5.74) is 0. The number of hydrogen-bond donors (Lipinski definition) is 2. The van der Waals surface area contributed by atoms with E-state index in [9.17, 15) is 9.59 Å². The summed E-state index contributed by atoms with van der Waals surface area (Å²) in [6.07, 6.45) is 0.890. The molecule has 1 fully saturated rings. The van der Waals surface area contributed by atoms with Gasteiger partial charge in [0.1, 0.15) is 0 Å². The topological polar surface area (TPSA) is 37.4 Å². The Morgan fingerprint density at radius 2 is 1.40 bits per heavy atom. The molecule has 2 unspecified atom stereocenters. The van der Waals surface area contributed by atoms with Crippen LogP contribution in [0.3, 0.4) is 0 Å². The van der Waals surface area contributed by atoms with Crippen molar-refractivity contribution in [2.45, 2.75) is 18.6 Å². The van der Waals surface area contributed by atoms with Gasteiger partial charge in [0.15, 0.2) is 0 Å². The molecule has 0 aromatic rings. The van der Waals surface area contributed by atoms with Crippen LogP contribution in [0.5, 0.6) is 0 Å². The van der Waals surface area contributed by atoms with Gasteiger partial charge in [0.05, 0.1) is 11.2 Å². The molecule has 0 aromatic heterocycles. The zero-order chi connectivity index (χ0) is 18.5. The first-order chi connectivity index (χ1) is 12.1. The lowest BCUT2D eigenvalue weighted by molar-refractivity contribution is -0.139. The predicted molar refractivity (Wildman–Crippen MR) is 126 cm³/mol. The van der Waals surface area contributed by atoms with E-state index in [1.807, 2.05) is 42.2 Å². The Morgan fingerprint density at radius 3 is 2.00 bits per heavy atom. The van der Waals surface area contributed by atoms with Gasteiger partial charge in [-0.1, -0.05) is 6.92 Å². The van der Waals surface area contributed by atoms with E-state index in [4.69, 9.17) is 0 Å². The van der Waals surface area contributed by atoms with Crippen LogP contribution in [0, 0.1) is 5.92 Å². The molecule has 0 spiro atoms. The standard InChI is InChI=1S/C16H29NO2S6/c1-13-14(25-12-11-24-8-5-21)16(19)17(15(13)18)3-2-6-22-9-10-23-7-4-20/h13-14,20-21H,2-12H2,1H3. The smallest absolute Gasteiger partial charge is 0.243 e. The van der Waals surface area contributed by atoms with Gasteiger partial charge in [-0.05, 0) is 23.7 Å². The lowest BCUT2D eigenvalue weighted by Crippen LogP contribution is -2.32. The van der Waals surface area contributed by atoms with Crippen LogP contribution in [-0.2, 0) is 9.59 Å². The van der Waals surface area contributed by atoms with E-state index in [1.54, 1.807) is 11.8 Å². The SMILES string of the molecule is CC1C(=O)N(CCCSCCSCCS)C(=O)C1SCCSCCS. The van der Waals surface area contributed by atoms with Gasteiger partial charge in [0.25, 0.3) is 0 Å². The van der Waals surface area contributed by atoms with Crippen LogP contribution >= 0.6 is 72.3 Å². The minimum absolute atomic E-state index is 0.0137. The minimum atomic E-state index is -0.186. The third-order valence-corrected chi connectivity index (χ3v) is 9.68. The van der Waals surface area contributed by atoms with Gasteiger partial charge in [-0.2, -0.15) is 60.5 Å². The fourth-order valence-electron chi connectivity index (χ4n) is 2.40. The van der Waals surface area contributed by atoms with Crippen LogP contribution in [0.15, 0.2) is 0 Å². The second kappa shape index (κ2) is 15.2. The monoisotopic (exact) mass is 459 g/mol. The second-order valence-corrected chi connectivity index (χ2v) is 11.4. The average molecular weight is 460 g/mol. The molecule has 1 aliphatic heterocycles. The Kier molecular flexibility index (Phi) is 14.8. The molecule has 0 aliphatic carbocycles. The van der Waals surface area contributed by atoms with Crippen molar-refractivity contribution in [2.75, 3.05) is 58.3 Å². The van der Waals surface area contributed by atoms with Crippen molar-refractivity contribution in [3.8, 4) is 0 Å². The summed E-state index contributed by atoms with van der Waals surface area (Å²) < 4.78 is 0. The molecule has 2 amide bonds. The van der Waals surface area contributed by atoms with Gasteiger partial charge in [0, 0.05) is 41.1 Å². The van der Waals surface area contributed by atoms with Gasteiger partial charge >= 0.3 is 0 Å². The Bertz CT molecular complexity index is 399. The maximum Gasteiger partial charge on any atom is 0.243 e. The lowest BCUT2D eigenvalue weighted by atomic mass is 10.1. The predicted octanol–water partition coefficient (Wildman–Crippen LogP) is 3.54. The molecule has 0 aromatic carbocycles. The van der Waals surface area contributed by atoms with Gasteiger partial charge in [-0.15, -0.1) is 11.8 Å². The molecule has 1 saturated heterocycles. The fourth-order valence-corrected chi connectivity index (χ4v) is 7.11. The van der Waals surface area contributed by atoms with E-state index in [0.29, 0.717) is 6.54 Å². The third-order valence-electron chi connectivity index (χ3n) is 3.66. The van der Waals surface area contributed by atoms with E-state index in [2.05, 4.69) is 25.3 Å². The van der Waals surface area contributed by atoms with Crippen molar-refractivity contribution in [2.24, 2.45) is 5.92 Å². The van der Waals surface area contributed by atoms with E-state index < -0.39 is 0 Å². The molecular formula is C16H29NO2S6. The maximum atomic E-state index is 12.5. The molecule has 25 heavy (non-hydrogen) atoms. The molecule has 1 heterocycles. The summed E-state index contributed by atoms with van der Waals surface area (Å²) in [5.74, 6) is 9.01. The number of amides is 2. The van der Waals surface area contributed by atoms with E-state index in [-0.39, 0.29) is 23.0 Å². The summed E-state index contributed by atoms with van der Waals surface area (Å²) in [6.45, 7) is 2.47.